The predicted octanol–water partition coefficient (Wildman–Crippen LogP) is 3.26. The van der Waals surface area contributed by atoms with Crippen molar-refractivity contribution < 1.29 is 16.8 Å². The normalized spacial score (nSPS) is 13.5. The summed E-state index contributed by atoms with van der Waals surface area (Å²) in [6.45, 7) is 7.71. The van der Waals surface area contributed by atoms with Crippen molar-refractivity contribution in [2.24, 2.45) is 0 Å². The van der Waals surface area contributed by atoms with E-state index in [-0.39, 0.29) is 17.3 Å². The molecule has 4 nitrogen and oxygen atoms in total. The van der Waals surface area contributed by atoms with Crippen molar-refractivity contribution in [3.8, 4) is 0 Å². The van der Waals surface area contributed by atoms with Crippen LogP contribution in [0, 0.1) is 0 Å². The number of Topliss-reactive ketones (excluding diaryl/α,β-unsaturated/α-hetero) is 1. The SMILES string of the molecule is CCCCS(=O)(=O)OS(CC)(CC)CC(=O)CCC. The molecule has 0 fully saturated rings. The summed E-state index contributed by atoms with van der Waals surface area (Å²) in [5, 5.41) is 0. The lowest BCUT2D eigenvalue weighted by Crippen LogP contribution is -2.24. The highest BCUT2D eigenvalue weighted by Crippen LogP contribution is 2.50. The zero-order valence-electron chi connectivity index (χ0n) is 12.6. The van der Waals surface area contributed by atoms with Crippen molar-refractivity contribution in [2.75, 3.05) is 23.0 Å². The maximum Gasteiger partial charge on any atom is 0.276 e. The van der Waals surface area contributed by atoms with Gasteiger partial charge in [-0.15, -0.1) is 10.3 Å². The fourth-order valence-electron chi connectivity index (χ4n) is 1.75. The maximum atomic E-state index is 11.9. The fourth-order valence-corrected chi connectivity index (χ4v) is 6.93. The van der Waals surface area contributed by atoms with Gasteiger partial charge in [0.2, 0.25) is 0 Å². The number of hydrogen-bond acceptors (Lipinski definition) is 4. The standard InChI is InChI=1S/C13H28O4S2/c1-5-9-11-19(15,16)17-18(7-3,8-4)12-13(14)10-6-2/h5-12H2,1-4H3. The van der Waals surface area contributed by atoms with Crippen LogP contribution < -0.4 is 0 Å². The lowest BCUT2D eigenvalue weighted by atomic mass is 10.3. The first-order chi connectivity index (χ1) is 8.84. The van der Waals surface area contributed by atoms with Crippen LogP contribution in [0.25, 0.3) is 0 Å². The molecule has 0 saturated carbocycles. The smallest absolute Gasteiger partial charge is 0.276 e. The Morgan fingerprint density at radius 2 is 1.58 bits per heavy atom. The van der Waals surface area contributed by atoms with E-state index >= 15 is 0 Å². The highest BCUT2D eigenvalue weighted by atomic mass is 32.3. The molecule has 0 amide bonds. The highest BCUT2D eigenvalue weighted by molar-refractivity contribution is 8.33. The van der Waals surface area contributed by atoms with Gasteiger partial charge in [-0.25, -0.2) is 3.63 Å². The minimum atomic E-state index is -3.50. The van der Waals surface area contributed by atoms with Crippen molar-refractivity contribution in [2.45, 2.75) is 53.4 Å². The van der Waals surface area contributed by atoms with Crippen molar-refractivity contribution in [3.05, 3.63) is 0 Å². The Labute approximate surface area is 119 Å². The van der Waals surface area contributed by atoms with Crippen LogP contribution in [-0.2, 0) is 18.5 Å². The van der Waals surface area contributed by atoms with Gasteiger partial charge in [0, 0.05) is 6.42 Å². The Morgan fingerprint density at radius 1 is 1.00 bits per heavy atom. The molecule has 0 N–H and O–H groups in total. The summed E-state index contributed by atoms with van der Waals surface area (Å²) < 4.78 is 29.4. The van der Waals surface area contributed by atoms with Crippen LogP contribution in [0.3, 0.4) is 0 Å². The molecule has 0 aliphatic heterocycles. The van der Waals surface area contributed by atoms with Crippen molar-refractivity contribution >= 4 is 26.2 Å². The van der Waals surface area contributed by atoms with Gasteiger partial charge >= 0.3 is 0 Å². The molecule has 0 unspecified atom stereocenters. The average molecular weight is 312 g/mol. The summed E-state index contributed by atoms with van der Waals surface area (Å²) >= 11 is 0. The van der Waals surface area contributed by atoms with Gasteiger partial charge in [0.25, 0.3) is 10.1 Å². The first kappa shape index (κ1) is 18.9. The topological polar surface area (TPSA) is 60.4 Å². The second kappa shape index (κ2) is 8.97. The lowest BCUT2D eigenvalue weighted by Gasteiger charge is -2.35. The van der Waals surface area contributed by atoms with Crippen LogP contribution in [0.15, 0.2) is 0 Å². The molecule has 0 atom stereocenters. The Balaban J connectivity index is 4.83. The maximum absolute atomic E-state index is 11.9. The molecule has 0 rings (SSSR count). The molecule has 116 valence electrons. The average Bonchev–Trinajstić information content (AvgIpc) is 2.35. The quantitative estimate of drug-likeness (QED) is 0.587. The number of rotatable bonds is 11. The molecule has 6 heteroatoms. The second-order valence-electron chi connectivity index (χ2n) is 4.66. The monoisotopic (exact) mass is 312 g/mol. The number of ketones is 1. The Bertz CT molecular complexity index is 359. The summed E-state index contributed by atoms with van der Waals surface area (Å²) in [5.74, 6) is 1.68. The number of carbonyl (C=O) groups excluding carboxylic acids is 1. The summed E-state index contributed by atoms with van der Waals surface area (Å²) in [4.78, 5) is 11.8. The van der Waals surface area contributed by atoms with E-state index in [2.05, 4.69) is 0 Å². The van der Waals surface area contributed by atoms with Gasteiger partial charge < -0.3 is 0 Å². The predicted molar refractivity (Wildman–Crippen MR) is 83.2 cm³/mol. The molecule has 0 aromatic carbocycles. The third-order valence-corrected chi connectivity index (χ3v) is 8.73. The van der Waals surface area contributed by atoms with Crippen LogP contribution in [0.1, 0.15) is 53.4 Å². The molecule has 0 aromatic rings. The Morgan fingerprint density at radius 3 is 2.00 bits per heavy atom. The lowest BCUT2D eigenvalue weighted by molar-refractivity contribution is -0.116. The van der Waals surface area contributed by atoms with E-state index in [0.717, 1.165) is 12.8 Å². The zero-order chi connectivity index (χ0) is 14.9. The van der Waals surface area contributed by atoms with E-state index in [1.165, 1.54) is 0 Å². The van der Waals surface area contributed by atoms with E-state index < -0.39 is 20.4 Å². The summed E-state index contributed by atoms with van der Waals surface area (Å²) in [6.07, 6.45) is 2.73. The molecule has 0 radical (unpaired) electrons. The largest absolute Gasteiger partial charge is 0.299 e. The molecule has 0 aliphatic rings. The molecule has 19 heavy (non-hydrogen) atoms. The van der Waals surface area contributed by atoms with Crippen LogP contribution >= 0.6 is 10.3 Å². The first-order valence-electron chi connectivity index (χ1n) is 7.06. The molecule has 0 saturated heterocycles. The van der Waals surface area contributed by atoms with Gasteiger partial charge in [-0.3, -0.25) is 4.79 Å². The van der Waals surface area contributed by atoms with Gasteiger partial charge in [-0.05, 0) is 24.3 Å². The van der Waals surface area contributed by atoms with Crippen LogP contribution in [0.2, 0.25) is 0 Å². The summed E-state index contributed by atoms with van der Waals surface area (Å²) in [6, 6.07) is 0. The summed E-state index contributed by atoms with van der Waals surface area (Å²) in [5.41, 5.74) is 0. The van der Waals surface area contributed by atoms with E-state index in [9.17, 15) is 13.2 Å². The minimum absolute atomic E-state index is 0.0558. The van der Waals surface area contributed by atoms with Crippen LogP contribution in [-0.4, -0.2) is 37.2 Å². The van der Waals surface area contributed by atoms with Gasteiger partial charge in [-0.2, -0.15) is 8.42 Å². The third-order valence-electron chi connectivity index (χ3n) is 3.00. The van der Waals surface area contributed by atoms with Crippen molar-refractivity contribution in [3.63, 3.8) is 0 Å². The molecule has 0 bridgehead atoms. The van der Waals surface area contributed by atoms with Crippen LogP contribution in [0.4, 0.5) is 0 Å². The van der Waals surface area contributed by atoms with E-state index in [1.807, 2.05) is 27.7 Å². The highest BCUT2D eigenvalue weighted by Gasteiger charge is 2.30. The fraction of sp³-hybridized carbons (Fsp3) is 0.923. The Kier molecular flexibility index (Phi) is 8.94. The van der Waals surface area contributed by atoms with E-state index in [4.69, 9.17) is 3.63 Å². The zero-order valence-corrected chi connectivity index (χ0v) is 14.2. The molecule has 0 heterocycles. The van der Waals surface area contributed by atoms with E-state index in [0.29, 0.717) is 24.3 Å². The minimum Gasteiger partial charge on any atom is -0.299 e. The van der Waals surface area contributed by atoms with Gasteiger partial charge in [0.15, 0.2) is 0 Å². The Hall–Kier alpha value is -0.0700. The third kappa shape index (κ3) is 7.32. The van der Waals surface area contributed by atoms with Crippen molar-refractivity contribution in [1.29, 1.82) is 0 Å². The number of unbranched alkanes of at least 4 members (excludes halogenated alkanes) is 1. The molecule has 0 aromatic heterocycles. The van der Waals surface area contributed by atoms with Gasteiger partial charge in [0.1, 0.15) is 5.78 Å². The summed E-state index contributed by atoms with van der Waals surface area (Å²) in [7, 11) is -5.32. The number of hydrogen-bond donors (Lipinski definition) is 0. The van der Waals surface area contributed by atoms with Gasteiger partial charge in [-0.1, -0.05) is 34.1 Å². The molecular formula is C13H28O4S2. The molecule has 0 spiro atoms. The molecular weight excluding hydrogens is 284 g/mol. The van der Waals surface area contributed by atoms with E-state index in [1.54, 1.807) is 0 Å². The molecule has 0 aliphatic carbocycles. The first-order valence-corrected chi connectivity index (χ1v) is 10.7. The second-order valence-corrected chi connectivity index (χ2v) is 10.1. The number of carbonyl (C=O) groups is 1. The van der Waals surface area contributed by atoms with Gasteiger partial charge in [0.05, 0.1) is 11.5 Å². The van der Waals surface area contributed by atoms with Crippen molar-refractivity contribution in [1.82, 2.24) is 0 Å². The van der Waals surface area contributed by atoms with Crippen LogP contribution in [0.5, 0.6) is 0 Å².